The smallest absolute Gasteiger partial charge is 0.0717 e. The van der Waals surface area contributed by atoms with Gasteiger partial charge in [-0.15, -0.1) is 0 Å². The van der Waals surface area contributed by atoms with Gasteiger partial charge in [-0.1, -0.05) is 6.07 Å². The van der Waals surface area contributed by atoms with Crippen molar-refractivity contribution in [3.05, 3.63) is 29.6 Å². The lowest BCUT2D eigenvalue weighted by Gasteiger charge is -2.08. The lowest BCUT2D eigenvalue weighted by molar-refractivity contribution is 0.182. The van der Waals surface area contributed by atoms with Crippen molar-refractivity contribution < 1.29 is 5.11 Å². The first-order valence-corrected chi connectivity index (χ1v) is 4.02. The fourth-order valence-corrected chi connectivity index (χ4v) is 1.04. The van der Waals surface area contributed by atoms with Crippen LogP contribution in [0.1, 0.15) is 11.3 Å². The summed E-state index contributed by atoms with van der Waals surface area (Å²) in [6, 6.07) is 3.86. The van der Waals surface area contributed by atoms with Crippen molar-refractivity contribution in [3.8, 4) is 0 Å². The van der Waals surface area contributed by atoms with E-state index in [4.69, 9.17) is 5.73 Å². The first-order valence-electron chi connectivity index (χ1n) is 4.02. The molecule has 1 atom stereocenters. The van der Waals surface area contributed by atoms with Crippen molar-refractivity contribution in [2.45, 2.75) is 19.4 Å². The summed E-state index contributed by atoms with van der Waals surface area (Å²) in [6.07, 6.45) is 1.80. The minimum atomic E-state index is -0.474. The summed E-state index contributed by atoms with van der Waals surface area (Å²) in [6.45, 7) is 2.27. The Morgan fingerprint density at radius 2 is 2.42 bits per heavy atom. The highest BCUT2D eigenvalue weighted by Crippen LogP contribution is 2.05. The predicted molar refractivity (Wildman–Crippen MR) is 47.7 cm³/mol. The van der Waals surface area contributed by atoms with E-state index in [9.17, 15) is 5.11 Å². The van der Waals surface area contributed by atoms with Crippen LogP contribution in [0.15, 0.2) is 18.3 Å². The molecule has 0 amide bonds. The number of nitrogens with two attached hydrogens (primary N) is 1. The summed E-state index contributed by atoms with van der Waals surface area (Å²) in [7, 11) is 0. The third-order valence-electron chi connectivity index (χ3n) is 1.82. The van der Waals surface area contributed by atoms with Crippen LogP contribution in [0.25, 0.3) is 0 Å². The summed E-state index contributed by atoms with van der Waals surface area (Å²) < 4.78 is 0. The van der Waals surface area contributed by atoms with E-state index >= 15 is 0 Å². The number of nitrogens with zero attached hydrogens (tertiary/aromatic N) is 1. The Hall–Kier alpha value is -0.930. The molecular formula is C9H14N2O. The molecule has 3 heteroatoms. The number of aliphatic hydroxyl groups is 1. The molecule has 1 unspecified atom stereocenters. The van der Waals surface area contributed by atoms with Gasteiger partial charge in [0, 0.05) is 24.9 Å². The van der Waals surface area contributed by atoms with Crippen LogP contribution in [-0.2, 0) is 6.42 Å². The van der Waals surface area contributed by atoms with E-state index < -0.39 is 6.10 Å². The molecule has 0 saturated heterocycles. The van der Waals surface area contributed by atoms with Gasteiger partial charge >= 0.3 is 0 Å². The highest BCUT2D eigenvalue weighted by atomic mass is 16.3. The Balaban J connectivity index is 2.69. The van der Waals surface area contributed by atoms with Gasteiger partial charge in [-0.05, 0) is 18.6 Å². The number of hydrogen-bond acceptors (Lipinski definition) is 3. The van der Waals surface area contributed by atoms with Crippen LogP contribution >= 0.6 is 0 Å². The fraction of sp³-hybridized carbons (Fsp3) is 0.444. The summed E-state index contributed by atoms with van der Waals surface area (Å²) in [5, 5.41) is 9.27. The van der Waals surface area contributed by atoms with Gasteiger partial charge in [0.05, 0.1) is 6.10 Å². The van der Waals surface area contributed by atoms with Gasteiger partial charge in [0.2, 0.25) is 0 Å². The Morgan fingerprint density at radius 3 is 3.00 bits per heavy atom. The molecular weight excluding hydrogens is 152 g/mol. The van der Waals surface area contributed by atoms with E-state index in [-0.39, 0.29) is 6.54 Å². The second-order valence-corrected chi connectivity index (χ2v) is 2.86. The molecule has 0 aliphatic heterocycles. The Morgan fingerprint density at radius 1 is 1.67 bits per heavy atom. The topological polar surface area (TPSA) is 59.1 Å². The third-order valence-corrected chi connectivity index (χ3v) is 1.82. The molecule has 66 valence electrons. The van der Waals surface area contributed by atoms with Gasteiger partial charge in [0.25, 0.3) is 0 Å². The maximum absolute atomic E-state index is 9.27. The first-order chi connectivity index (χ1) is 5.74. The van der Waals surface area contributed by atoms with Gasteiger partial charge < -0.3 is 10.8 Å². The van der Waals surface area contributed by atoms with Crippen molar-refractivity contribution in [1.82, 2.24) is 4.98 Å². The number of aromatic nitrogens is 1. The van der Waals surface area contributed by atoms with Crippen LogP contribution in [0.4, 0.5) is 0 Å². The van der Waals surface area contributed by atoms with Crippen molar-refractivity contribution in [3.63, 3.8) is 0 Å². The molecule has 0 radical (unpaired) electrons. The average molecular weight is 166 g/mol. The SMILES string of the molecule is Cc1cccnc1CC(O)CN. The molecule has 12 heavy (non-hydrogen) atoms. The predicted octanol–water partition coefficient (Wildman–Crippen LogP) is 0.252. The second-order valence-electron chi connectivity index (χ2n) is 2.86. The van der Waals surface area contributed by atoms with E-state index in [1.54, 1.807) is 6.20 Å². The fourth-order valence-electron chi connectivity index (χ4n) is 1.04. The standard InChI is InChI=1S/C9H14N2O/c1-7-3-2-4-11-9(7)5-8(12)6-10/h2-4,8,12H,5-6,10H2,1H3. The zero-order valence-corrected chi connectivity index (χ0v) is 7.20. The minimum absolute atomic E-state index is 0.288. The van der Waals surface area contributed by atoms with Gasteiger partial charge in [-0.25, -0.2) is 0 Å². The lowest BCUT2D eigenvalue weighted by atomic mass is 10.1. The summed E-state index contributed by atoms with van der Waals surface area (Å²) in [5.41, 5.74) is 7.32. The molecule has 3 N–H and O–H groups in total. The number of aryl methyl sites for hydroxylation is 1. The van der Waals surface area contributed by atoms with Gasteiger partial charge in [-0.2, -0.15) is 0 Å². The van der Waals surface area contributed by atoms with Crippen molar-refractivity contribution in [2.24, 2.45) is 5.73 Å². The minimum Gasteiger partial charge on any atom is -0.391 e. The van der Waals surface area contributed by atoms with E-state index in [0.717, 1.165) is 11.3 Å². The lowest BCUT2D eigenvalue weighted by Crippen LogP contribution is -2.22. The zero-order chi connectivity index (χ0) is 8.97. The van der Waals surface area contributed by atoms with Crippen LogP contribution < -0.4 is 5.73 Å². The van der Waals surface area contributed by atoms with E-state index in [2.05, 4.69) is 4.98 Å². The van der Waals surface area contributed by atoms with Crippen LogP contribution in [0, 0.1) is 6.92 Å². The average Bonchev–Trinajstić information content (AvgIpc) is 2.09. The largest absolute Gasteiger partial charge is 0.391 e. The van der Waals surface area contributed by atoms with Gasteiger partial charge in [0.15, 0.2) is 0 Å². The molecule has 0 saturated carbocycles. The maximum Gasteiger partial charge on any atom is 0.0717 e. The summed E-state index contributed by atoms with van der Waals surface area (Å²) in [4.78, 5) is 4.15. The molecule has 0 bridgehead atoms. The highest BCUT2D eigenvalue weighted by molar-refractivity contribution is 5.18. The Labute approximate surface area is 72.2 Å². The number of hydrogen-bond donors (Lipinski definition) is 2. The van der Waals surface area contributed by atoms with Crippen LogP contribution in [0.3, 0.4) is 0 Å². The molecule has 0 aromatic carbocycles. The molecule has 1 rings (SSSR count). The summed E-state index contributed by atoms with van der Waals surface area (Å²) >= 11 is 0. The third kappa shape index (κ3) is 2.29. The van der Waals surface area contributed by atoms with Crippen LogP contribution in [0.5, 0.6) is 0 Å². The molecule has 0 fully saturated rings. The molecule has 0 aliphatic carbocycles. The summed E-state index contributed by atoms with van der Waals surface area (Å²) in [5.74, 6) is 0. The quantitative estimate of drug-likeness (QED) is 0.676. The van der Waals surface area contributed by atoms with Gasteiger partial charge in [-0.3, -0.25) is 4.98 Å². The monoisotopic (exact) mass is 166 g/mol. The molecule has 3 nitrogen and oxygen atoms in total. The number of aliphatic hydroxyl groups excluding tert-OH is 1. The van der Waals surface area contributed by atoms with E-state index in [0.29, 0.717) is 6.42 Å². The molecule has 1 heterocycles. The maximum atomic E-state index is 9.27. The van der Waals surface area contributed by atoms with E-state index in [1.165, 1.54) is 0 Å². The second kappa shape index (κ2) is 4.18. The Kier molecular flexibility index (Phi) is 3.19. The number of pyridine rings is 1. The number of rotatable bonds is 3. The molecule has 1 aromatic heterocycles. The van der Waals surface area contributed by atoms with Crippen molar-refractivity contribution in [1.29, 1.82) is 0 Å². The molecule has 1 aromatic rings. The first kappa shape index (κ1) is 9.16. The zero-order valence-electron chi connectivity index (χ0n) is 7.20. The Bertz CT molecular complexity index is 250. The highest BCUT2D eigenvalue weighted by Gasteiger charge is 2.05. The van der Waals surface area contributed by atoms with Crippen LogP contribution in [-0.4, -0.2) is 22.7 Å². The molecule has 0 aliphatic rings. The normalized spacial score (nSPS) is 12.9. The van der Waals surface area contributed by atoms with E-state index in [1.807, 2.05) is 19.1 Å². The van der Waals surface area contributed by atoms with Gasteiger partial charge in [0.1, 0.15) is 0 Å². The van der Waals surface area contributed by atoms with Crippen LogP contribution in [0.2, 0.25) is 0 Å². The molecule has 0 spiro atoms. The van der Waals surface area contributed by atoms with Crippen molar-refractivity contribution >= 4 is 0 Å². The van der Waals surface area contributed by atoms with Crippen molar-refractivity contribution in [2.75, 3.05) is 6.54 Å².